The number of ketones is 2. The number of hydrogen-bond acceptors (Lipinski definition) is 3. The highest BCUT2D eigenvalue weighted by Gasteiger charge is 2.59. The number of carbonyl (C=O) groups is 2. The van der Waals surface area contributed by atoms with Crippen molar-refractivity contribution in [1.29, 1.82) is 0 Å². The Balaban J connectivity index is 1.14. The van der Waals surface area contributed by atoms with Gasteiger partial charge in [-0.15, -0.1) is 0 Å². The molecule has 0 N–H and O–H groups in total. The molecule has 0 heterocycles. The first kappa shape index (κ1) is 26.0. The van der Waals surface area contributed by atoms with E-state index in [1.807, 2.05) is 12.2 Å². The van der Waals surface area contributed by atoms with Crippen LogP contribution in [0.3, 0.4) is 0 Å². The van der Waals surface area contributed by atoms with Crippen LogP contribution < -0.4 is 0 Å². The van der Waals surface area contributed by atoms with E-state index in [-0.39, 0.29) is 22.5 Å². The lowest BCUT2D eigenvalue weighted by Gasteiger charge is -2.57. The van der Waals surface area contributed by atoms with Crippen LogP contribution in [0.2, 0.25) is 0 Å². The van der Waals surface area contributed by atoms with Crippen LogP contribution in [0.4, 0.5) is 0 Å². The molecule has 0 unspecified atom stereocenters. The van der Waals surface area contributed by atoms with Crippen LogP contribution in [0.5, 0.6) is 0 Å². The summed E-state index contributed by atoms with van der Waals surface area (Å²) in [5.74, 6) is 4.02. The minimum Gasteiger partial charge on any atom is -0.370 e. The summed E-state index contributed by atoms with van der Waals surface area (Å²) in [6.45, 7) is 5.19. The summed E-state index contributed by atoms with van der Waals surface area (Å²) in [7, 11) is 0. The van der Waals surface area contributed by atoms with Gasteiger partial charge in [0.15, 0.2) is 11.6 Å². The van der Waals surface area contributed by atoms with Crippen LogP contribution in [-0.4, -0.2) is 24.3 Å². The van der Waals surface area contributed by atoms with Gasteiger partial charge in [-0.3, -0.25) is 9.59 Å². The van der Waals surface area contributed by atoms with E-state index in [0.29, 0.717) is 48.1 Å². The Bertz CT molecular complexity index is 917. The smallest absolute Gasteiger partial charge is 0.178 e. The van der Waals surface area contributed by atoms with E-state index < -0.39 is 0 Å². The second-order valence-corrected chi connectivity index (χ2v) is 14.3. The van der Waals surface area contributed by atoms with Crippen molar-refractivity contribution in [2.75, 3.05) is 6.61 Å². The molecule has 0 bridgehead atoms. The maximum Gasteiger partial charge on any atom is 0.178 e. The normalized spacial score (nSPS) is 40.7. The molecule has 3 nitrogen and oxygen atoms in total. The largest absolute Gasteiger partial charge is 0.370 e. The molecule has 3 heteroatoms. The van der Waals surface area contributed by atoms with E-state index in [2.05, 4.69) is 19.9 Å². The molecule has 0 aromatic carbocycles. The van der Waals surface area contributed by atoms with E-state index in [1.54, 1.807) is 0 Å². The van der Waals surface area contributed by atoms with Crippen molar-refractivity contribution in [2.45, 2.75) is 123 Å². The first-order valence-electron chi connectivity index (χ1n) is 16.0. The molecule has 0 saturated heterocycles. The molecule has 5 fully saturated rings. The Labute approximate surface area is 225 Å². The molecular weight excluding hydrogens is 456 g/mol. The predicted molar refractivity (Wildman–Crippen MR) is 148 cm³/mol. The van der Waals surface area contributed by atoms with Crippen molar-refractivity contribution in [3.8, 4) is 0 Å². The van der Waals surface area contributed by atoms with Gasteiger partial charge in [0.05, 0.1) is 6.10 Å². The topological polar surface area (TPSA) is 43.4 Å². The number of ether oxygens (including phenoxy) is 1. The van der Waals surface area contributed by atoms with Crippen LogP contribution in [0, 0.1) is 46.3 Å². The second kappa shape index (κ2) is 10.4. The Hall–Kier alpha value is -1.22. The number of Topliss-reactive ketones (excluding diaryl/α,β-unsaturated/α-hetero) is 1. The van der Waals surface area contributed by atoms with Crippen molar-refractivity contribution in [3.63, 3.8) is 0 Å². The number of carbonyl (C=O) groups excluding carboxylic acids is 2. The quantitative estimate of drug-likeness (QED) is 0.366. The third-order valence-electron chi connectivity index (χ3n) is 12.6. The van der Waals surface area contributed by atoms with Crippen molar-refractivity contribution in [1.82, 2.24) is 0 Å². The molecule has 0 aliphatic heterocycles. The molecule has 6 atom stereocenters. The van der Waals surface area contributed by atoms with Gasteiger partial charge in [0.25, 0.3) is 0 Å². The van der Waals surface area contributed by atoms with Crippen LogP contribution in [-0.2, 0) is 14.3 Å². The first-order valence-corrected chi connectivity index (χ1v) is 16.0. The molecule has 0 spiro atoms. The minimum absolute atomic E-state index is 0.0383. The number of fused-ring (bicyclic) bond motifs is 5. The zero-order valence-electron chi connectivity index (χ0n) is 23.5. The van der Waals surface area contributed by atoms with E-state index in [9.17, 15) is 9.59 Å². The molecule has 6 aliphatic rings. The number of rotatable bonds is 6. The van der Waals surface area contributed by atoms with Crippen LogP contribution in [0.1, 0.15) is 117 Å². The number of hydrogen-bond donors (Lipinski definition) is 0. The van der Waals surface area contributed by atoms with Crippen molar-refractivity contribution in [3.05, 3.63) is 23.8 Å². The molecule has 5 saturated carbocycles. The Morgan fingerprint density at radius 1 is 0.892 bits per heavy atom. The van der Waals surface area contributed by atoms with Crippen molar-refractivity contribution in [2.24, 2.45) is 46.3 Å². The average molecular weight is 507 g/mol. The van der Waals surface area contributed by atoms with Crippen LogP contribution >= 0.6 is 0 Å². The maximum absolute atomic E-state index is 13.9. The van der Waals surface area contributed by atoms with Gasteiger partial charge in [-0.2, -0.15) is 0 Å². The molecule has 0 amide bonds. The highest BCUT2D eigenvalue weighted by molar-refractivity contribution is 6.01. The summed E-state index contributed by atoms with van der Waals surface area (Å²) in [4.78, 5) is 26.0. The van der Waals surface area contributed by atoms with E-state index in [0.717, 1.165) is 19.3 Å². The molecule has 0 aromatic heterocycles. The molecule has 0 aromatic rings. The van der Waals surface area contributed by atoms with Gasteiger partial charge in [-0.1, -0.05) is 64.0 Å². The summed E-state index contributed by atoms with van der Waals surface area (Å²) < 4.78 is 6.73. The summed E-state index contributed by atoms with van der Waals surface area (Å²) >= 11 is 0. The zero-order chi connectivity index (χ0) is 25.6. The third kappa shape index (κ3) is 4.64. The molecule has 6 rings (SSSR count). The van der Waals surface area contributed by atoms with Gasteiger partial charge in [0.1, 0.15) is 6.61 Å². The molecule has 6 aliphatic carbocycles. The highest BCUT2D eigenvalue weighted by Crippen LogP contribution is 2.66. The van der Waals surface area contributed by atoms with E-state index >= 15 is 0 Å². The fraction of sp³-hybridized carbons (Fsp3) is 0.824. The monoisotopic (exact) mass is 506 g/mol. The van der Waals surface area contributed by atoms with Gasteiger partial charge in [0.2, 0.25) is 0 Å². The SMILES string of the molecule is C[C@]12CC[C@H]3[C@@H](CCC4=CC(=O)C=C[C@@]43C)[C@@H]1CC[C@@H]2C(=O)COC(C1CCCCC1)C1CCCCC1. The first-order chi connectivity index (χ1) is 17.9. The van der Waals surface area contributed by atoms with Crippen LogP contribution in [0.15, 0.2) is 23.8 Å². The molecule has 204 valence electrons. The minimum atomic E-state index is 0.0383. The summed E-state index contributed by atoms with van der Waals surface area (Å²) in [5.41, 5.74) is 1.52. The van der Waals surface area contributed by atoms with Gasteiger partial charge in [0, 0.05) is 11.3 Å². The predicted octanol–water partition coefficient (Wildman–Crippen LogP) is 8.03. The highest BCUT2D eigenvalue weighted by atomic mass is 16.5. The fourth-order valence-electron chi connectivity index (χ4n) is 10.6. The van der Waals surface area contributed by atoms with E-state index in [4.69, 9.17) is 4.74 Å². The van der Waals surface area contributed by atoms with Crippen LogP contribution in [0.25, 0.3) is 0 Å². The zero-order valence-corrected chi connectivity index (χ0v) is 23.5. The average Bonchev–Trinajstić information content (AvgIpc) is 3.28. The third-order valence-corrected chi connectivity index (χ3v) is 12.6. The lowest BCUT2D eigenvalue weighted by atomic mass is 9.47. The molecular formula is C34H50O3. The standard InChI is InChI=1S/C34H50O3/c1-33-19-17-26(35)21-25(33)13-14-27-28-15-16-30(34(28,2)20-18-29(27)33)31(36)22-37-32(23-9-5-3-6-10-23)24-11-7-4-8-12-24/h17,19,21,23-24,27-30,32H,3-16,18,20,22H2,1-2H3/t27-,28-,29-,30+,33-,34-/m0/s1. The summed E-state index contributed by atoms with van der Waals surface area (Å²) in [5, 5.41) is 0. The Morgan fingerprint density at radius 3 is 2.24 bits per heavy atom. The van der Waals surface area contributed by atoms with Gasteiger partial charge in [-0.25, -0.2) is 0 Å². The molecule has 37 heavy (non-hydrogen) atoms. The Morgan fingerprint density at radius 2 is 1.57 bits per heavy atom. The summed E-state index contributed by atoms with van der Waals surface area (Å²) in [6.07, 6.45) is 26.4. The second-order valence-electron chi connectivity index (χ2n) is 14.3. The van der Waals surface area contributed by atoms with Crippen molar-refractivity contribution < 1.29 is 14.3 Å². The fourth-order valence-corrected chi connectivity index (χ4v) is 10.6. The van der Waals surface area contributed by atoms with E-state index in [1.165, 1.54) is 89.0 Å². The number of allylic oxidation sites excluding steroid dienone is 4. The lowest BCUT2D eigenvalue weighted by Crippen LogP contribution is -2.50. The lowest BCUT2D eigenvalue weighted by molar-refractivity contribution is -0.140. The van der Waals surface area contributed by atoms with Gasteiger partial charge in [-0.05, 0) is 111 Å². The Kier molecular flexibility index (Phi) is 7.31. The van der Waals surface area contributed by atoms with Gasteiger partial charge >= 0.3 is 0 Å². The maximum atomic E-state index is 13.9. The molecule has 0 radical (unpaired) electrons. The van der Waals surface area contributed by atoms with Gasteiger partial charge < -0.3 is 4.74 Å². The van der Waals surface area contributed by atoms with Crippen molar-refractivity contribution >= 4 is 11.6 Å². The summed E-state index contributed by atoms with van der Waals surface area (Å²) in [6, 6.07) is 0.